The first-order valence-corrected chi connectivity index (χ1v) is 9.19. The van der Waals surface area contributed by atoms with Crippen LogP contribution in [0.2, 0.25) is 0 Å². The Kier molecular flexibility index (Phi) is 3.86. The standard InChI is InChI=1S/C15H20N2O4S/c1-21-14-6-4-3-5-12(14)15(18)17-9-10-7-11(17)8-13(10)16-22(2,19)20/h3-6,10-11,13,16H,7-9H2,1-2H3. The van der Waals surface area contributed by atoms with E-state index in [9.17, 15) is 13.2 Å². The van der Waals surface area contributed by atoms with Crippen molar-refractivity contribution >= 4 is 15.9 Å². The first-order chi connectivity index (χ1) is 10.4. The average Bonchev–Trinajstić information content (AvgIpc) is 3.04. The van der Waals surface area contributed by atoms with E-state index in [0.29, 0.717) is 24.3 Å². The maximum Gasteiger partial charge on any atom is 0.257 e. The van der Waals surface area contributed by atoms with E-state index in [1.807, 2.05) is 17.0 Å². The van der Waals surface area contributed by atoms with Crippen molar-refractivity contribution in [3.63, 3.8) is 0 Å². The molecule has 1 heterocycles. The van der Waals surface area contributed by atoms with E-state index in [0.717, 1.165) is 6.42 Å². The number of methoxy groups -OCH3 is 1. The number of piperidine rings is 1. The van der Waals surface area contributed by atoms with E-state index < -0.39 is 10.0 Å². The van der Waals surface area contributed by atoms with Crippen molar-refractivity contribution in [2.75, 3.05) is 19.9 Å². The molecule has 1 aromatic carbocycles. The maximum atomic E-state index is 12.7. The largest absolute Gasteiger partial charge is 0.496 e. The summed E-state index contributed by atoms with van der Waals surface area (Å²) >= 11 is 0. The zero-order valence-electron chi connectivity index (χ0n) is 12.7. The van der Waals surface area contributed by atoms with Gasteiger partial charge in [-0.3, -0.25) is 4.79 Å². The molecule has 0 spiro atoms. The molecule has 6 nitrogen and oxygen atoms in total. The minimum absolute atomic E-state index is 0.0391. The maximum absolute atomic E-state index is 12.7. The molecule has 3 unspecified atom stereocenters. The average molecular weight is 324 g/mol. The molecule has 3 rings (SSSR count). The SMILES string of the molecule is COc1ccccc1C(=O)N1CC2CC1CC2NS(C)(=O)=O. The highest BCUT2D eigenvalue weighted by Gasteiger charge is 2.47. The summed E-state index contributed by atoms with van der Waals surface area (Å²) in [5, 5.41) is 0. The Balaban J connectivity index is 1.73. The van der Waals surface area contributed by atoms with E-state index in [1.165, 1.54) is 6.26 Å². The van der Waals surface area contributed by atoms with Crippen molar-refractivity contribution in [1.29, 1.82) is 0 Å². The van der Waals surface area contributed by atoms with Gasteiger partial charge >= 0.3 is 0 Å². The van der Waals surface area contributed by atoms with Gasteiger partial charge in [-0.2, -0.15) is 0 Å². The molecule has 1 aromatic rings. The van der Waals surface area contributed by atoms with E-state index in [1.54, 1.807) is 19.2 Å². The lowest BCUT2D eigenvalue weighted by molar-refractivity contribution is 0.0688. The van der Waals surface area contributed by atoms with E-state index in [4.69, 9.17) is 4.74 Å². The van der Waals surface area contributed by atoms with Crippen molar-refractivity contribution < 1.29 is 17.9 Å². The number of nitrogens with one attached hydrogen (secondary N) is 1. The third-order valence-electron chi connectivity index (χ3n) is 4.51. The molecule has 0 aromatic heterocycles. The van der Waals surface area contributed by atoms with Gasteiger partial charge in [0, 0.05) is 18.6 Å². The molecule has 0 radical (unpaired) electrons. The summed E-state index contributed by atoms with van der Waals surface area (Å²) in [7, 11) is -1.65. The Morgan fingerprint density at radius 1 is 1.32 bits per heavy atom. The molecule has 2 aliphatic rings. The van der Waals surface area contributed by atoms with E-state index in [2.05, 4.69) is 4.72 Å². The predicted molar refractivity (Wildman–Crippen MR) is 82.3 cm³/mol. The number of ether oxygens (including phenoxy) is 1. The van der Waals surface area contributed by atoms with Gasteiger partial charge in [0.1, 0.15) is 5.75 Å². The van der Waals surface area contributed by atoms with Gasteiger partial charge in [0.15, 0.2) is 0 Å². The third-order valence-corrected chi connectivity index (χ3v) is 5.24. The number of carbonyl (C=O) groups excluding carboxylic acids is 1. The summed E-state index contributed by atoms with van der Waals surface area (Å²) in [5.41, 5.74) is 0.560. The minimum atomic E-state index is -3.20. The normalized spacial score (nSPS) is 27.2. The van der Waals surface area contributed by atoms with Gasteiger partial charge in [-0.25, -0.2) is 13.1 Å². The molecule has 7 heteroatoms. The van der Waals surface area contributed by atoms with Crippen LogP contribution in [0.3, 0.4) is 0 Å². The van der Waals surface area contributed by atoms with Crippen LogP contribution in [0, 0.1) is 5.92 Å². The lowest BCUT2D eigenvalue weighted by Crippen LogP contribution is -2.47. The second kappa shape index (κ2) is 5.55. The number of rotatable bonds is 4. The minimum Gasteiger partial charge on any atom is -0.496 e. The monoisotopic (exact) mass is 324 g/mol. The van der Waals surface area contributed by atoms with Crippen LogP contribution in [-0.4, -0.2) is 51.2 Å². The second-order valence-electron chi connectivity index (χ2n) is 6.04. The number of benzene rings is 1. The van der Waals surface area contributed by atoms with Crippen LogP contribution in [0.5, 0.6) is 5.75 Å². The van der Waals surface area contributed by atoms with E-state index in [-0.39, 0.29) is 23.9 Å². The fourth-order valence-corrected chi connectivity index (χ4v) is 4.44. The van der Waals surface area contributed by atoms with Crippen LogP contribution in [0.15, 0.2) is 24.3 Å². The number of para-hydroxylation sites is 1. The van der Waals surface area contributed by atoms with E-state index >= 15 is 0 Å². The van der Waals surface area contributed by atoms with Crippen molar-refractivity contribution in [1.82, 2.24) is 9.62 Å². The van der Waals surface area contributed by atoms with Gasteiger partial charge in [0.05, 0.1) is 18.9 Å². The Bertz CT molecular complexity index is 689. The molecule has 1 amide bonds. The highest BCUT2D eigenvalue weighted by atomic mass is 32.2. The van der Waals surface area contributed by atoms with Crippen molar-refractivity contribution in [2.24, 2.45) is 5.92 Å². The molecule has 1 aliphatic heterocycles. The number of hydrogen-bond donors (Lipinski definition) is 1. The molecule has 1 saturated carbocycles. The first-order valence-electron chi connectivity index (χ1n) is 7.30. The summed E-state index contributed by atoms with van der Waals surface area (Å²) in [6, 6.07) is 7.23. The quantitative estimate of drug-likeness (QED) is 0.891. The van der Waals surface area contributed by atoms with Crippen LogP contribution >= 0.6 is 0 Å². The van der Waals surface area contributed by atoms with Crippen molar-refractivity contribution in [3.05, 3.63) is 29.8 Å². The summed E-state index contributed by atoms with van der Waals surface area (Å²) in [6.45, 7) is 0.592. The fourth-order valence-electron chi connectivity index (χ4n) is 3.60. The summed E-state index contributed by atoms with van der Waals surface area (Å²) in [5.74, 6) is 0.724. The zero-order chi connectivity index (χ0) is 15.9. The van der Waals surface area contributed by atoms with Crippen LogP contribution in [0.4, 0.5) is 0 Å². The van der Waals surface area contributed by atoms with Gasteiger partial charge in [-0.1, -0.05) is 12.1 Å². The highest BCUT2D eigenvalue weighted by molar-refractivity contribution is 7.88. The molecule has 1 aliphatic carbocycles. The zero-order valence-corrected chi connectivity index (χ0v) is 13.5. The highest BCUT2D eigenvalue weighted by Crippen LogP contribution is 2.39. The lowest BCUT2D eigenvalue weighted by atomic mass is 10.0. The number of fused-ring (bicyclic) bond motifs is 2. The first kappa shape index (κ1) is 15.3. The number of hydrogen-bond acceptors (Lipinski definition) is 4. The van der Waals surface area contributed by atoms with Crippen molar-refractivity contribution in [2.45, 2.75) is 24.9 Å². The molecular formula is C15H20N2O4S. The number of carbonyl (C=O) groups is 1. The van der Waals surface area contributed by atoms with Gasteiger partial charge in [-0.05, 0) is 30.9 Å². The number of likely N-dealkylation sites (tertiary alicyclic amines) is 1. The van der Waals surface area contributed by atoms with Gasteiger partial charge < -0.3 is 9.64 Å². The third kappa shape index (κ3) is 2.83. The Hall–Kier alpha value is -1.60. The van der Waals surface area contributed by atoms with Gasteiger partial charge in [0.25, 0.3) is 5.91 Å². The smallest absolute Gasteiger partial charge is 0.257 e. The molecule has 3 atom stereocenters. The Morgan fingerprint density at radius 3 is 2.64 bits per heavy atom. The summed E-state index contributed by atoms with van der Waals surface area (Å²) in [4.78, 5) is 14.6. The molecule has 1 N–H and O–H groups in total. The lowest BCUT2D eigenvalue weighted by Gasteiger charge is -2.32. The van der Waals surface area contributed by atoms with Gasteiger partial charge in [-0.15, -0.1) is 0 Å². The number of sulfonamides is 1. The molecule has 120 valence electrons. The molecule has 22 heavy (non-hydrogen) atoms. The van der Waals surface area contributed by atoms with Crippen molar-refractivity contribution in [3.8, 4) is 5.75 Å². The predicted octanol–water partition coefficient (Wildman–Crippen LogP) is 0.847. The Morgan fingerprint density at radius 2 is 2.05 bits per heavy atom. The Labute approximate surface area is 130 Å². The summed E-state index contributed by atoms with van der Waals surface area (Å²) < 4.78 is 30.7. The second-order valence-corrected chi connectivity index (χ2v) is 7.82. The van der Waals surface area contributed by atoms with Crippen LogP contribution in [0.1, 0.15) is 23.2 Å². The topological polar surface area (TPSA) is 75.7 Å². The molecule has 1 saturated heterocycles. The fraction of sp³-hybridized carbons (Fsp3) is 0.533. The van der Waals surface area contributed by atoms with Gasteiger partial charge in [0.2, 0.25) is 10.0 Å². The molecular weight excluding hydrogens is 304 g/mol. The number of amides is 1. The molecule has 2 bridgehead atoms. The van der Waals surface area contributed by atoms with Crippen LogP contribution in [0.25, 0.3) is 0 Å². The van der Waals surface area contributed by atoms with Crippen LogP contribution < -0.4 is 9.46 Å². The summed E-state index contributed by atoms with van der Waals surface area (Å²) in [6.07, 6.45) is 2.71. The molecule has 2 fully saturated rings. The number of nitrogens with zero attached hydrogens (tertiary/aromatic N) is 1. The van der Waals surface area contributed by atoms with Crippen LogP contribution in [-0.2, 0) is 10.0 Å².